The van der Waals surface area contributed by atoms with Crippen LogP contribution in [0.1, 0.15) is 0 Å². The number of halogens is 11. The molecule has 120 valence electrons. The van der Waals surface area contributed by atoms with Gasteiger partial charge in [0.1, 0.15) is 0 Å². The Morgan fingerprint density at radius 3 is 1.30 bits per heavy atom. The SMILES string of the molecule is O=C(OO)C(F)(F)C(F)(F)C(F)(F)C(F)(F)C(F)(F)F. The number of hydrogen-bond donors (Lipinski definition) is 1. The Kier molecular flexibility index (Phi) is 4.29. The molecule has 0 saturated carbocycles. The predicted octanol–water partition coefficient (Wildman–Crippen LogP) is 3.11. The molecule has 0 amide bonds. The summed E-state index contributed by atoms with van der Waals surface area (Å²) in [5, 5.41) is 7.34. The largest absolute Gasteiger partial charge is 0.460 e. The average Bonchev–Trinajstić information content (AvgIpc) is 2.25. The summed E-state index contributed by atoms with van der Waals surface area (Å²) in [6.45, 7) is 0. The first-order valence-corrected chi connectivity index (χ1v) is 3.92. The van der Waals surface area contributed by atoms with Gasteiger partial charge in [-0.2, -0.15) is 53.6 Å². The van der Waals surface area contributed by atoms with E-state index in [2.05, 4.69) is 0 Å². The summed E-state index contributed by atoms with van der Waals surface area (Å²) in [4.78, 5) is 11.9. The molecule has 3 nitrogen and oxygen atoms in total. The molecule has 20 heavy (non-hydrogen) atoms. The van der Waals surface area contributed by atoms with Crippen molar-refractivity contribution in [3.8, 4) is 0 Å². The molecule has 0 saturated heterocycles. The van der Waals surface area contributed by atoms with Crippen molar-refractivity contribution >= 4 is 5.97 Å². The number of hydrogen-bond acceptors (Lipinski definition) is 3. The summed E-state index contributed by atoms with van der Waals surface area (Å²) >= 11 is 0. The Labute approximate surface area is 100 Å². The first-order valence-electron chi connectivity index (χ1n) is 3.92. The molecule has 0 aliphatic rings. The smallest absolute Gasteiger partial charge is 0.294 e. The van der Waals surface area contributed by atoms with E-state index in [0.717, 1.165) is 0 Å². The summed E-state index contributed by atoms with van der Waals surface area (Å²) in [5.41, 5.74) is 0. The third kappa shape index (κ3) is 2.25. The summed E-state index contributed by atoms with van der Waals surface area (Å²) in [6.07, 6.45) is -7.32. The molecule has 0 fully saturated rings. The van der Waals surface area contributed by atoms with Crippen LogP contribution in [-0.4, -0.2) is 41.1 Å². The van der Waals surface area contributed by atoms with Gasteiger partial charge in [-0.1, -0.05) is 0 Å². The van der Waals surface area contributed by atoms with Gasteiger partial charge in [-0.05, 0) is 0 Å². The van der Waals surface area contributed by atoms with Crippen LogP contribution in [0, 0.1) is 0 Å². The van der Waals surface area contributed by atoms with E-state index in [-0.39, 0.29) is 0 Å². The lowest BCUT2D eigenvalue weighted by molar-refractivity contribution is -0.420. The summed E-state index contributed by atoms with van der Waals surface area (Å²) in [6, 6.07) is 0. The lowest BCUT2D eigenvalue weighted by Gasteiger charge is -2.35. The molecule has 0 aliphatic carbocycles. The van der Waals surface area contributed by atoms with Gasteiger partial charge in [0.05, 0.1) is 0 Å². The number of alkyl halides is 11. The van der Waals surface area contributed by atoms with Crippen LogP contribution in [0.2, 0.25) is 0 Å². The summed E-state index contributed by atoms with van der Waals surface area (Å²) in [7, 11) is 0. The molecule has 0 aliphatic heterocycles. The van der Waals surface area contributed by atoms with Crippen molar-refractivity contribution in [2.75, 3.05) is 0 Å². The quantitative estimate of drug-likeness (QED) is 0.489. The third-order valence-electron chi connectivity index (χ3n) is 1.88. The second-order valence-electron chi connectivity index (χ2n) is 3.17. The number of rotatable bonds is 4. The monoisotopic (exact) mass is 330 g/mol. The van der Waals surface area contributed by atoms with E-state index < -0.39 is 35.8 Å². The maximum absolute atomic E-state index is 12.6. The van der Waals surface area contributed by atoms with Gasteiger partial charge < -0.3 is 0 Å². The van der Waals surface area contributed by atoms with E-state index in [4.69, 9.17) is 5.26 Å². The Bertz CT molecular complexity index is 384. The van der Waals surface area contributed by atoms with E-state index in [9.17, 15) is 53.1 Å². The van der Waals surface area contributed by atoms with Gasteiger partial charge in [0.15, 0.2) is 0 Å². The maximum atomic E-state index is 12.6. The van der Waals surface area contributed by atoms with Gasteiger partial charge >= 0.3 is 35.8 Å². The molecular formula is C6HF11O3. The Morgan fingerprint density at radius 2 is 1.05 bits per heavy atom. The van der Waals surface area contributed by atoms with E-state index in [1.165, 1.54) is 0 Å². The highest BCUT2D eigenvalue weighted by molar-refractivity contribution is 5.78. The molecule has 0 spiro atoms. The topological polar surface area (TPSA) is 46.5 Å². The van der Waals surface area contributed by atoms with Crippen molar-refractivity contribution in [1.29, 1.82) is 0 Å². The first-order chi connectivity index (χ1) is 8.48. The van der Waals surface area contributed by atoms with Crippen LogP contribution >= 0.6 is 0 Å². The van der Waals surface area contributed by atoms with Gasteiger partial charge in [-0.15, -0.1) is 0 Å². The van der Waals surface area contributed by atoms with Crippen LogP contribution in [0.15, 0.2) is 0 Å². The Hall–Kier alpha value is -1.34. The standard InChI is InChI=1S/C6HF11O3/c7-2(8,1(18)20-19)3(9,10)4(11,12)5(13,14)6(15,16)17/h19H. The highest BCUT2D eigenvalue weighted by Crippen LogP contribution is 2.57. The van der Waals surface area contributed by atoms with E-state index in [1.54, 1.807) is 0 Å². The molecule has 0 unspecified atom stereocenters. The first kappa shape index (κ1) is 18.7. The van der Waals surface area contributed by atoms with Crippen LogP contribution in [0.4, 0.5) is 48.3 Å². The maximum Gasteiger partial charge on any atom is 0.460 e. The van der Waals surface area contributed by atoms with Gasteiger partial charge in [0, 0.05) is 0 Å². The Balaban J connectivity index is 6.00. The van der Waals surface area contributed by atoms with Crippen molar-refractivity contribution in [2.45, 2.75) is 29.9 Å². The third-order valence-corrected chi connectivity index (χ3v) is 1.88. The lowest BCUT2D eigenvalue weighted by atomic mass is 9.98. The van der Waals surface area contributed by atoms with Gasteiger partial charge in [-0.25, -0.2) is 4.79 Å². The Morgan fingerprint density at radius 1 is 0.700 bits per heavy atom. The number of carbonyl (C=O) groups excluding carboxylic acids is 1. The number of carbonyl (C=O) groups is 1. The molecule has 0 aromatic heterocycles. The fourth-order valence-corrected chi connectivity index (χ4v) is 0.758. The molecule has 0 atom stereocenters. The molecule has 0 radical (unpaired) electrons. The van der Waals surface area contributed by atoms with Gasteiger partial charge in [0.2, 0.25) is 0 Å². The van der Waals surface area contributed by atoms with Crippen LogP contribution in [0.25, 0.3) is 0 Å². The summed E-state index contributed by atoms with van der Waals surface area (Å²) < 4.78 is 134. The normalized spacial score (nSPS) is 15.2. The lowest BCUT2D eigenvalue weighted by Crippen LogP contribution is -2.68. The minimum absolute atomic E-state index is 1.97. The minimum Gasteiger partial charge on any atom is -0.294 e. The fraction of sp³-hybridized carbons (Fsp3) is 0.833. The highest BCUT2D eigenvalue weighted by Gasteiger charge is 2.89. The zero-order valence-corrected chi connectivity index (χ0v) is 8.42. The predicted molar refractivity (Wildman–Crippen MR) is 34.6 cm³/mol. The van der Waals surface area contributed by atoms with Crippen molar-refractivity contribution in [1.82, 2.24) is 0 Å². The zero-order chi connectivity index (χ0) is 16.8. The van der Waals surface area contributed by atoms with Crippen molar-refractivity contribution in [3.05, 3.63) is 0 Å². The second kappa shape index (κ2) is 4.60. The second-order valence-corrected chi connectivity index (χ2v) is 3.17. The van der Waals surface area contributed by atoms with Crippen LogP contribution in [-0.2, 0) is 9.68 Å². The molecule has 1 N–H and O–H groups in total. The van der Waals surface area contributed by atoms with Crippen LogP contribution < -0.4 is 0 Å². The summed E-state index contributed by atoms with van der Waals surface area (Å²) in [5.74, 6) is -33.5. The molecule has 0 rings (SSSR count). The van der Waals surface area contributed by atoms with E-state index in [0.29, 0.717) is 0 Å². The van der Waals surface area contributed by atoms with Gasteiger partial charge in [-0.3, -0.25) is 4.89 Å². The van der Waals surface area contributed by atoms with Crippen LogP contribution in [0.3, 0.4) is 0 Å². The molecular weight excluding hydrogens is 329 g/mol. The van der Waals surface area contributed by atoms with Crippen molar-refractivity contribution in [3.63, 3.8) is 0 Å². The molecule has 0 aromatic rings. The van der Waals surface area contributed by atoms with Crippen LogP contribution in [0.5, 0.6) is 0 Å². The molecule has 14 heteroatoms. The minimum atomic E-state index is -7.71. The van der Waals surface area contributed by atoms with Gasteiger partial charge in [0.25, 0.3) is 0 Å². The van der Waals surface area contributed by atoms with E-state index in [1.807, 2.05) is 4.89 Å². The highest BCUT2D eigenvalue weighted by atomic mass is 19.4. The fourth-order valence-electron chi connectivity index (χ4n) is 0.758. The zero-order valence-electron chi connectivity index (χ0n) is 8.42. The average molecular weight is 330 g/mol. The van der Waals surface area contributed by atoms with Crippen molar-refractivity contribution in [2.24, 2.45) is 0 Å². The molecule has 0 heterocycles. The van der Waals surface area contributed by atoms with E-state index >= 15 is 0 Å². The van der Waals surface area contributed by atoms with Crippen molar-refractivity contribution < 1.29 is 63.2 Å². The molecule has 0 bridgehead atoms. The molecule has 0 aromatic carbocycles.